The lowest BCUT2D eigenvalue weighted by atomic mass is 9.32. The van der Waals surface area contributed by atoms with Gasteiger partial charge in [0.2, 0.25) is 0 Å². The molecule has 0 aromatic rings. The fourth-order valence-electron chi connectivity index (χ4n) is 11.7. The molecule has 4 saturated carbocycles. The zero-order chi connectivity index (χ0) is 24.9. The Morgan fingerprint density at radius 1 is 0.912 bits per heavy atom. The van der Waals surface area contributed by atoms with E-state index in [9.17, 15) is 9.90 Å². The summed E-state index contributed by atoms with van der Waals surface area (Å²) in [6.07, 6.45) is 14.6. The third-order valence-corrected chi connectivity index (χ3v) is 13.8. The van der Waals surface area contributed by atoms with Gasteiger partial charge in [-0.15, -0.1) is 0 Å². The molecule has 5 aliphatic carbocycles. The van der Waals surface area contributed by atoms with Crippen LogP contribution in [0.15, 0.2) is 11.6 Å². The molecule has 0 N–H and O–H groups in total. The summed E-state index contributed by atoms with van der Waals surface area (Å²) in [6, 6.07) is 0. The second-order valence-corrected chi connectivity index (χ2v) is 15.5. The Balaban J connectivity index is 1.50. The molecule has 5 aliphatic rings. The predicted molar refractivity (Wildman–Crippen MR) is 138 cm³/mol. The van der Waals surface area contributed by atoms with Crippen LogP contribution in [0.1, 0.15) is 120 Å². The van der Waals surface area contributed by atoms with E-state index in [1.807, 2.05) is 0 Å². The number of aliphatic carboxylic acids is 1. The van der Waals surface area contributed by atoms with Crippen molar-refractivity contribution in [2.75, 3.05) is 0 Å². The maximum Gasteiger partial charge on any atom is 0.0417 e. The Hall–Kier alpha value is -0.790. The average molecular weight is 468 g/mol. The van der Waals surface area contributed by atoms with Gasteiger partial charge in [-0.05, 0) is 127 Å². The first-order valence-corrected chi connectivity index (χ1v) is 14.6. The Labute approximate surface area is 209 Å². The second-order valence-electron chi connectivity index (χ2n) is 15.5. The molecule has 0 amide bonds. The highest BCUT2D eigenvalue weighted by atomic mass is 16.4. The third kappa shape index (κ3) is 3.08. The fourth-order valence-corrected chi connectivity index (χ4v) is 11.7. The summed E-state index contributed by atoms with van der Waals surface area (Å²) in [5.41, 5.74) is 3.49. The van der Waals surface area contributed by atoms with Gasteiger partial charge in [0, 0.05) is 5.97 Å². The van der Waals surface area contributed by atoms with Crippen LogP contribution in [0.25, 0.3) is 0 Å². The van der Waals surface area contributed by atoms with E-state index in [1.54, 1.807) is 5.57 Å². The first-order chi connectivity index (χ1) is 15.7. The molecule has 0 unspecified atom stereocenters. The van der Waals surface area contributed by atoms with E-state index in [0.717, 1.165) is 24.2 Å². The van der Waals surface area contributed by atoms with E-state index in [-0.39, 0.29) is 17.8 Å². The van der Waals surface area contributed by atoms with Gasteiger partial charge < -0.3 is 9.90 Å². The third-order valence-electron chi connectivity index (χ3n) is 13.8. The minimum absolute atomic E-state index is 0.0797. The zero-order valence-electron chi connectivity index (χ0n) is 23.4. The van der Waals surface area contributed by atoms with Gasteiger partial charge in [0.1, 0.15) is 0 Å². The molecule has 0 radical (unpaired) electrons. The predicted octanol–water partition coefficient (Wildman–Crippen LogP) is 7.42. The Kier molecular flexibility index (Phi) is 5.57. The lowest BCUT2D eigenvalue weighted by Gasteiger charge is -2.73. The van der Waals surface area contributed by atoms with E-state index in [0.29, 0.717) is 33.5 Å². The number of carboxylic acid groups (broad SMARTS) is 1. The number of carbonyl (C=O) groups excluding carboxylic acids is 1. The van der Waals surface area contributed by atoms with Crippen molar-refractivity contribution in [2.45, 2.75) is 120 Å². The smallest absolute Gasteiger partial charge is 0.0417 e. The zero-order valence-corrected chi connectivity index (χ0v) is 23.4. The van der Waals surface area contributed by atoms with Gasteiger partial charge in [-0.3, -0.25) is 0 Å². The number of fused-ring (bicyclic) bond motifs is 7. The summed E-state index contributed by atoms with van der Waals surface area (Å²) in [4.78, 5) is 11.5. The van der Waals surface area contributed by atoms with Crippen LogP contribution in [0.2, 0.25) is 0 Å². The highest BCUT2D eigenvalue weighted by Gasteiger charge is 2.69. The molecule has 5 rings (SSSR count). The number of hydrogen-bond donors (Lipinski definition) is 0. The van der Waals surface area contributed by atoms with Crippen LogP contribution in [0.3, 0.4) is 0 Å². The molecule has 0 aliphatic heterocycles. The summed E-state index contributed by atoms with van der Waals surface area (Å²) in [7, 11) is 0. The second kappa shape index (κ2) is 7.61. The van der Waals surface area contributed by atoms with Crippen LogP contribution in [-0.4, -0.2) is 5.97 Å². The van der Waals surface area contributed by atoms with Crippen LogP contribution >= 0.6 is 0 Å². The average Bonchev–Trinajstić information content (AvgIpc) is 3.08. The van der Waals surface area contributed by atoms with Crippen LogP contribution in [0.4, 0.5) is 0 Å². The Morgan fingerprint density at radius 2 is 1.62 bits per heavy atom. The monoisotopic (exact) mass is 467 g/mol. The van der Waals surface area contributed by atoms with Crippen molar-refractivity contribution < 1.29 is 9.90 Å². The van der Waals surface area contributed by atoms with Crippen molar-refractivity contribution in [3.05, 3.63) is 11.6 Å². The SMILES string of the molecule is CC(C)C1=CC[C@]2(C)CC[C@]3(C)[C@H](CC[C@@H]4[C@@]5(C)CC[C@H](CC(=O)[O-])C(C)(C)[C@@H]5CC[C@]43C)[C@@H]12. The number of rotatable bonds is 3. The van der Waals surface area contributed by atoms with Crippen LogP contribution < -0.4 is 5.11 Å². The van der Waals surface area contributed by atoms with E-state index < -0.39 is 5.97 Å². The van der Waals surface area contributed by atoms with Gasteiger partial charge in [0.25, 0.3) is 0 Å². The fraction of sp³-hybridized carbons (Fsp3) is 0.906. The van der Waals surface area contributed by atoms with Crippen molar-refractivity contribution in [1.82, 2.24) is 0 Å². The molecule has 34 heavy (non-hydrogen) atoms. The molecule has 0 aromatic carbocycles. The molecule has 192 valence electrons. The highest BCUT2D eigenvalue weighted by molar-refractivity contribution is 5.64. The van der Waals surface area contributed by atoms with Crippen molar-refractivity contribution in [2.24, 2.45) is 62.6 Å². The minimum Gasteiger partial charge on any atom is -0.550 e. The standard InChI is InChI=1S/C32H52O2/c1-20(2)22-12-14-29(5)17-18-31(7)23(27(22)29)9-10-25-30(6)15-11-21(19-26(33)34)28(3,4)24(30)13-16-32(25,31)8/h12,20-21,23-25,27H,9-11,13-19H2,1-8H3,(H,33,34)/p-1/t21-,23-,24+,25-,27-,29-,30+,31-,32-/m1/s1. The first kappa shape index (κ1) is 24.9. The number of hydrogen-bond acceptors (Lipinski definition) is 2. The van der Waals surface area contributed by atoms with E-state index in [2.05, 4.69) is 61.5 Å². The lowest BCUT2D eigenvalue weighted by molar-refractivity contribution is -0.309. The Morgan fingerprint density at radius 3 is 2.26 bits per heavy atom. The summed E-state index contributed by atoms with van der Waals surface area (Å²) in [5.74, 6) is 3.08. The van der Waals surface area contributed by atoms with Crippen LogP contribution in [-0.2, 0) is 4.79 Å². The summed E-state index contributed by atoms with van der Waals surface area (Å²) < 4.78 is 0. The Bertz CT molecular complexity index is 883. The van der Waals surface area contributed by atoms with E-state index in [1.165, 1.54) is 51.4 Å². The van der Waals surface area contributed by atoms with Crippen LogP contribution in [0, 0.1) is 62.6 Å². The van der Waals surface area contributed by atoms with Crippen molar-refractivity contribution in [1.29, 1.82) is 0 Å². The molecule has 0 saturated heterocycles. The van der Waals surface area contributed by atoms with Crippen molar-refractivity contribution in [3.63, 3.8) is 0 Å². The summed E-state index contributed by atoms with van der Waals surface area (Å²) in [6.45, 7) is 20.3. The maximum atomic E-state index is 11.5. The number of carbonyl (C=O) groups is 1. The molecule has 9 atom stereocenters. The summed E-state index contributed by atoms with van der Waals surface area (Å²) >= 11 is 0. The van der Waals surface area contributed by atoms with Crippen molar-refractivity contribution in [3.8, 4) is 0 Å². The molecular formula is C32H51O2-. The lowest BCUT2D eigenvalue weighted by Crippen LogP contribution is -2.66. The van der Waals surface area contributed by atoms with Gasteiger partial charge in [0.15, 0.2) is 0 Å². The molecule has 0 bridgehead atoms. The van der Waals surface area contributed by atoms with Gasteiger partial charge in [0.05, 0.1) is 0 Å². The van der Waals surface area contributed by atoms with Gasteiger partial charge in [-0.25, -0.2) is 0 Å². The molecule has 0 aromatic heterocycles. The summed E-state index contributed by atoms with van der Waals surface area (Å²) in [5, 5.41) is 11.5. The topological polar surface area (TPSA) is 40.1 Å². The molecule has 2 heteroatoms. The molecular weight excluding hydrogens is 416 g/mol. The van der Waals surface area contributed by atoms with E-state index >= 15 is 0 Å². The minimum atomic E-state index is -0.855. The van der Waals surface area contributed by atoms with Gasteiger partial charge in [-0.1, -0.05) is 67.0 Å². The normalized spacial score (nSPS) is 51.7. The highest BCUT2D eigenvalue weighted by Crippen LogP contribution is 2.77. The van der Waals surface area contributed by atoms with Gasteiger partial charge in [-0.2, -0.15) is 0 Å². The molecule has 4 fully saturated rings. The largest absolute Gasteiger partial charge is 0.550 e. The first-order valence-electron chi connectivity index (χ1n) is 14.6. The quantitative estimate of drug-likeness (QED) is 0.405. The van der Waals surface area contributed by atoms with E-state index in [4.69, 9.17) is 0 Å². The number of carboxylic acids is 1. The van der Waals surface area contributed by atoms with Gasteiger partial charge >= 0.3 is 0 Å². The number of allylic oxidation sites excluding steroid dienone is 2. The van der Waals surface area contributed by atoms with Crippen molar-refractivity contribution >= 4 is 5.97 Å². The molecule has 0 heterocycles. The molecule has 2 nitrogen and oxygen atoms in total. The maximum absolute atomic E-state index is 11.5. The van der Waals surface area contributed by atoms with Crippen LogP contribution in [0.5, 0.6) is 0 Å². The molecule has 0 spiro atoms.